The van der Waals surface area contributed by atoms with Crippen LogP contribution in [0.5, 0.6) is 0 Å². The number of ether oxygens (including phenoxy) is 1. The lowest BCUT2D eigenvalue weighted by Gasteiger charge is -2.27. The first-order valence-electron chi connectivity index (χ1n) is 12.7. The van der Waals surface area contributed by atoms with Gasteiger partial charge in [0, 0.05) is 42.8 Å². The molecule has 37 heavy (non-hydrogen) atoms. The third-order valence-corrected chi connectivity index (χ3v) is 6.62. The Labute approximate surface area is 215 Å². The summed E-state index contributed by atoms with van der Waals surface area (Å²) in [6.45, 7) is 6.97. The molecule has 0 unspecified atom stereocenters. The summed E-state index contributed by atoms with van der Waals surface area (Å²) in [6.07, 6.45) is 10.6. The van der Waals surface area contributed by atoms with Gasteiger partial charge in [-0.15, -0.1) is 0 Å². The maximum Gasteiger partial charge on any atom is 0.155 e. The Morgan fingerprint density at radius 1 is 1.11 bits per heavy atom. The molecule has 188 valence electrons. The van der Waals surface area contributed by atoms with E-state index in [9.17, 15) is 0 Å². The third kappa shape index (κ3) is 5.23. The summed E-state index contributed by atoms with van der Waals surface area (Å²) in [5.41, 5.74) is 7.74. The van der Waals surface area contributed by atoms with Crippen LogP contribution in [0.25, 0.3) is 22.6 Å². The normalized spacial score (nSPS) is 16.5. The molecule has 2 aliphatic rings. The number of aliphatic imine (C=N–C) groups is 1. The van der Waals surface area contributed by atoms with E-state index in [1.54, 1.807) is 10.8 Å². The van der Waals surface area contributed by atoms with E-state index < -0.39 is 0 Å². The average molecular weight is 495 g/mol. The summed E-state index contributed by atoms with van der Waals surface area (Å²) < 4.78 is 7.28. The minimum atomic E-state index is 0.562. The van der Waals surface area contributed by atoms with Crippen molar-refractivity contribution in [1.82, 2.24) is 29.5 Å². The highest BCUT2D eigenvalue weighted by Crippen LogP contribution is 2.30. The van der Waals surface area contributed by atoms with Crippen molar-refractivity contribution in [3.63, 3.8) is 0 Å². The number of imidazole rings is 1. The van der Waals surface area contributed by atoms with Gasteiger partial charge < -0.3 is 15.0 Å². The van der Waals surface area contributed by atoms with Crippen molar-refractivity contribution in [3.8, 4) is 11.3 Å². The number of benzene rings is 1. The number of aromatic nitrogens is 5. The summed E-state index contributed by atoms with van der Waals surface area (Å²) in [5, 5.41) is 7.92. The zero-order valence-electron chi connectivity index (χ0n) is 20.9. The second kappa shape index (κ2) is 10.5. The van der Waals surface area contributed by atoms with Crippen LogP contribution in [0.2, 0.25) is 0 Å². The zero-order valence-corrected chi connectivity index (χ0v) is 20.9. The number of anilines is 1. The number of rotatable bonds is 7. The molecule has 1 fully saturated rings. The van der Waals surface area contributed by atoms with Crippen LogP contribution < -0.4 is 5.32 Å². The zero-order chi connectivity index (χ0) is 25.0. The Bertz CT molecular complexity index is 1490. The van der Waals surface area contributed by atoms with Crippen molar-refractivity contribution in [2.45, 2.75) is 26.4 Å². The molecule has 2 aliphatic heterocycles. The Hall–Kier alpha value is -4.08. The molecule has 0 radical (unpaired) electrons. The molecule has 0 bridgehead atoms. The maximum absolute atomic E-state index is 5.51. The van der Waals surface area contributed by atoms with Crippen LogP contribution in [0.4, 0.5) is 5.69 Å². The van der Waals surface area contributed by atoms with Crippen LogP contribution in [0.1, 0.15) is 30.4 Å². The number of pyridine rings is 1. The van der Waals surface area contributed by atoms with Gasteiger partial charge in [-0.1, -0.05) is 30.4 Å². The Kier molecular flexibility index (Phi) is 6.62. The van der Waals surface area contributed by atoms with Crippen molar-refractivity contribution in [2.24, 2.45) is 4.99 Å². The van der Waals surface area contributed by atoms with E-state index in [4.69, 9.17) is 14.7 Å². The number of nitrogens with zero attached hydrogens (tertiary/aromatic N) is 6. The topological polar surface area (TPSA) is 95.7 Å². The van der Waals surface area contributed by atoms with Gasteiger partial charge in [-0.25, -0.2) is 14.5 Å². The van der Waals surface area contributed by atoms with Gasteiger partial charge in [0.1, 0.15) is 12.2 Å². The van der Waals surface area contributed by atoms with E-state index in [2.05, 4.69) is 67.8 Å². The number of hydrogen-bond acceptors (Lipinski definition) is 7. The molecule has 0 amide bonds. The van der Waals surface area contributed by atoms with Crippen molar-refractivity contribution < 1.29 is 4.74 Å². The maximum atomic E-state index is 5.51. The number of morpholine rings is 1. The summed E-state index contributed by atoms with van der Waals surface area (Å²) >= 11 is 0. The van der Waals surface area contributed by atoms with Gasteiger partial charge in [0.25, 0.3) is 0 Å². The molecule has 0 spiro atoms. The van der Waals surface area contributed by atoms with Crippen LogP contribution >= 0.6 is 0 Å². The molecule has 1 aromatic carbocycles. The van der Waals surface area contributed by atoms with Gasteiger partial charge in [0.2, 0.25) is 0 Å². The summed E-state index contributed by atoms with van der Waals surface area (Å²) in [4.78, 5) is 20.1. The molecule has 5 heterocycles. The molecule has 1 saturated heterocycles. The minimum absolute atomic E-state index is 0.562. The monoisotopic (exact) mass is 494 g/mol. The average Bonchev–Trinajstić information content (AvgIpc) is 3.51. The molecular weight excluding hydrogens is 464 g/mol. The quantitative estimate of drug-likeness (QED) is 0.397. The highest BCUT2D eigenvalue weighted by Gasteiger charge is 2.18. The molecule has 3 aromatic heterocycles. The van der Waals surface area contributed by atoms with E-state index in [0.717, 1.165) is 84.8 Å². The number of fused-ring (bicyclic) bond motifs is 1. The molecule has 9 nitrogen and oxygen atoms in total. The van der Waals surface area contributed by atoms with Crippen LogP contribution in [0.15, 0.2) is 72.1 Å². The van der Waals surface area contributed by atoms with E-state index in [0.29, 0.717) is 6.54 Å². The lowest BCUT2D eigenvalue weighted by atomic mass is 10.1. The first kappa shape index (κ1) is 23.3. The van der Waals surface area contributed by atoms with Crippen molar-refractivity contribution >= 4 is 22.7 Å². The van der Waals surface area contributed by atoms with Gasteiger partial charge >= 0.3 is 0 Å². The summed E-state index contributed by atoms with van der Waals surface area (Å²) in [7, 11) is 0. The standard InChI is InChI=1S/C28H30N8O/c1-20-6-2-4-9-24(32-20)28-27(22-10-11-26-30-19-31-36(26)18-22)33-25(34-28)16-29-23-8-5-3-7-21(23)17-35-12-14-37-15-13-35/h2-3,5-11,18-19,29H,4,12-17H2,1H3,(H,33,34). The van der Waals surface area contributed by atoms with E-state index >= 15 is 0 Å². The second-order valence-corrected chi connectivity index (χ2v) is 9.27. The van der Waals surface area contributed by atoms with Crippen LogP contribution in [-0.4, -0.2) is 61.5 Å². The van der Waals surface area contributed by atoms with Gasteiger partial charge in [-0.2, -0.15) is 5.10 Å². The molecule has 9 heteroatoms. The number of allylic oxidation sites excluding steroid dienone is 3. The molecule has 0 atom stereocenters. The number of para-hydroxylation sites is 1. The largest absolute Gasteiger partial charge is 0.379 e. The van der Waals surface area contributed by atoms with Crippen LogP contribution in [0, 0.1) is 0 Å². The molecular formula is C28H30N8O. The Morgan fingerprint density at radius 3 is 2.92 bits per heavy atom. The number of H-pyrrole nitrogens is 1. The Morgan fingerprint density at radius 2 is 2.00 bits per heavy atom. The summed E-state index contributed by atoms with van der Waals surface area (Å²) in [5.74, 6) is 0.843. The first-order valence-corrected chi connectivity index (χ1v) is 12.7. The predicted molar refractivity (Wildman–Crippen MR) is 145 cm³/mol. The van der Waals surface area contributed by atoms with E-state index in [1.165, 1.54) is 5.56 Å². The summed E-state index contributed by atoms with van der Waals surface area (Å²) in [6, 6.07) is 12.5. The fourth-order valence-electron chi connectivity index (χ4n) is 4.72. The van der Waals surface area contributed by atoms with Crippen LogP contribution in [0.3, 0.4) is 0 Å². The first-order chi connectivity index (χ1) is 18.2. The van der Waals surface area contributed by atoms with E-state index in [-0.39, 0.29) is 0 Å². The number of aromatic amines is 1. The van der Waals surface area contributed by atoms with Gasteiger partial charge in [-0.3, -0.25) is 9.89 Å². The number of nitrogens with one attached hydrogen (secondary N) is 2. The van der Waals surface area contributed by atoms with E-state index in [1.807, 2.05) is 25.3 Å². The van der Waals surface area contributed by atoms with Crippen molar-refractivity contribution in [3.05, 3.63) is 84.2 Å². The van der Waals surface area contributed by atoms with Gasteiger partial charge in [-0.05, 0) is 43.2 Å². The lowest BCUT2D eigenvalue weighted by Crippen LogP contribution is -2.35. The lowest BCUT2D eigenvalue weighted by molar-refractivity contribution is 0.0342. The molecule has 2 N–H and O–H groups in total. The van der Waals surface area contributed by atoms with Crippen LogP contribution in [-0.2, 0) is 17.8 Å². The number of hydrogen-bond donors (Lipinski definition) is 2. The van der Waals surface area contributed by atoms with Gasteiger partial charge in [0.05, 0.1) is 36.8 Å². The molecule has 0 saturated carbocycles. The van der Waals surface area contributed by atoms with Crippen molar-refractivity contribution in [2.75, 3.05) is 31.6 Å². The fraction of sp³-hybridized carbons (Fsp3) is 0.286. The van der Waals surface area contributed by atoms with Crippen molar-refractivity contribution in [1.29, 1.82) is 0 Å². The highest BCUT2D eigenvalue weighted by molar-refractivity contribution is 5.97. The Balaban J connectivity index is 1.30. The highest BCUT2D eigenvalue weighted by atomic mass is 16.5. The minimum Gasteiger partial charge on any atom is -0.379 e. The third-order valence-electron chi connectivity index (χ3n) is 6.62. The molecule has 0 aliphatic carbocycles. The SMILES string of the molecule is CC1=NC(c2[nH]c(CNc3ccccc3CN3CCOCC3)nc2-c2ccc3ncnn3c2)=CCC=C1. The van der Waals surface area contributed by atoms with Gasteiger partial charge in [0.15, 0.2) is 5.65 Å². The molecule has 6 rings (SSSR count). The fourth-order valence-corrected chi connectivity index (χ4v) is 4.72. The molecule has 4 aromatic rings. The smallest absolute Gasteiger partial charge is 0.155 e. The second-order valence-electron chi connectivity index (χ2n) is 9.27. The predicted octanol–water partition coefficient (Wildman–Crippen LogP) is 4.33.